The quantitative estimate of drug-likeness (QED) is 0.751. The van der Waals surface area contributed by atoms with Crippen LogP contribution in [0.5, 0.6) is 11.5 Å². The lowest BCUT2D eigenvalue weighted by molar-refractivity contribution is -0.143. The van der Waals surface area contributed by atoms with E-state index in [0.717, 1.165) is 43.0 Å². The number of phenolic OH excluding ortho intramolecular Hbond substituents is 1. The molecule has 5 aliphatic rings. The summed E-state index contributed by atoms with van der Waals surface area (Å²) in [5.41, 5.74) is 1.31. The van der Waals surface area contributed by atoms with Gasteiger partial charge in [-0.3, -0.25) is 19.5 Å². The lowest BCUT2D eigenvalue weighted by atomic mass is 9.47. The van der Waals surface area contributed by atoms with Gasteiger partial charge in [-0.15, -0.1) is 0 Å². The highest BCUT2D eigenvalue weighted by Gasteiger charge is 2.74. The molecule has 33 heavy (non-hydrogen) atoms. The molecule has 1 aromatic carbocycles. The Morgan fingerprint density at radius 2 is 2.15 bits per heavy atom. The monoisotopic (exact) mass is 445 g/mol. The zero-order valence-corrected chi connectivity index (χ0v) is 18.4. The van der Waals surface area contributed by atoms with E-state index in [9.17, 15) is 14.7 Å². The van der Waals surface area contributed by atoms with E-state index in [1.54, 1.807) is 30.6 Å². The van der Waals surface area contributed by atoms with Gasteiger partial charge < -0.3 is 15.2 Å². The number of ketones is 1. The summed E-state index contributed by atoms with van der Waals surface area (Å²) in [6, 6.07) is 7.30. The predicted molar refractivity (Wildman–Crippen MR) is 119 cm³/mol. The van der Waals surface area contributed by atoms with Crippen LogP contribution >= 0.6 is 0 Å². The highest BCUT2D eigenvalue weighted by atomic mass is 16.5. The number of ether oxygens (including phenoxy) is 1. The van der Waals surface area contributed by atoms with E-state index in [2.05, 4.69) is 15.2 Å². The Labute approximate surface area is 192 Å². The molecule has 0 radical (unpaired) electrons. The van der Waals surface area contributed by atoms with E-state index < -0.39 is 17.1 Å². The highest BCUT2D eigenvalue weighted by Crippen LogP contribution is 2.65. The number of hydrogen-bond acceptors (Lipinski definition) is 6. The largest absolute Gasteiger partial charge is 0.504 e. The van der Waals surface area contributed by atoms with E-state index in [0.29, 0.717) is 24.2 Å². The zero-order chi connectivity index (χ0) is 22.4. The third-order valence-electron chi connectivity index (χ3n) is 8.87. The Kier molecular flexibility index (Phi) is 3.89. The molecule has 7 rings (SSSR count). The molecule has 2 aliphatic heterocycles. The second-order valence-electron chi connectivity index (χ2n) is 10.5. The molecule has 3 heterocycles. The van der Waals surface area contributed by atoms with Gasteiger partial charge in [0.25, 0.3) is 5.91 Å². The summed E-state index contributed by atoms with van der Waals surface area (Å²) in [5.74, 6) is 1.16. The highest BCUT2D eigenvalue weighted by molar-refractivity contribution is 5.96. The summed E-state index contributed by atoms with van der Waals surface area (Å²) in [6.45, 7) is 1.90. The van der Waals surface area contributed by atoms with Crippen LogP contribution < -0.4 is 10.1 Å². The average molecular weight is 446 g/mol. The first-order valence-corrected chi connectivity index (χ1v) is 12.0. The Morgan fingerprint density at radius 3 is 2.94 bits per heavy atom. The molecule has 1 amide bonds. The molecule has 1 spiro atoms. The van der Waals surface area contributed by atoms with E-state index >= 15 is 0 Å². The smallest absolute Gasteiger partial charge is 0.253 e. The number of hydrogen-bond donors (Lipinski definition) is 2. The number of likely N-dealkylation sites (tertiary alicyclic amines) is 1. The number of nitrogens with one attached hydrogen (secondary N) is 1. The number of aromatic nitrogens is 1. The third kappa shape index (κ3) is 2.46. The Balaban J connectivity index is 1.43. The van der Waals surface area contributed by atoms with Crippen molar-refractivity contribution in [1.29, 1.82) is 0 Å². The molecule has 3 fully saturated rings. The number of carbonyl (C=O) groups excluding carboxylic acids is 2. The van der Waals surface area contributed by atoms with Crippen LogP contribution in [0.2, 0.25) is 0 Å². The van der Waals surface area contributed by atoms with Gasteiger partial charge in [-0.25, -0.2) is 0 Å². The molecule has 3 aliphatic carbocycles. The summed E-state index contributed by atoms with van der Waals surface area (Å²) < 4.78 is 6.28. The molecule has 2 saturated carbocycles. The first-order valence-electron chi connectivity index (χ1n) is 12.0. The maximum Gasteiger partial charge on any atom is 0.253 e. The second-order valence-corrected chi connectivity index (χ2v) is 10.5. The summed E-state index contributed by atoms with van der Waals surface area (Å²) >= 11 is 0. The molecule has 2 bridgehead atoms. The normalized spacial score (nSPS) is 33.9. The number of nitrogens with zero attached hydrogens (tertiary/aromatic N) is 2. The van der Waals surface area contributed by atoms with Crippen LogP contribution in [0, 0.1) is 5.92 Å². The topological polar surface area (TPSA) is 91.8 Å². The number of piperidine rings is 1. The number of aromatic hydroxyl groups is 1. The molecule has 170 valence electrons. The zero-order valence-electron chi connectivity index (χ0n) is 18.4. The van der Waals surface area contributed by atoms with Gasteiger partial charge in [0.2, 0.25) is 0 Å². The lowest BCUT2D eigenvalue weighted by Gasteiger charge is -2.65. The van der Waals surface area contributed by atoms with E-state index in [-0.39, 0.29) is 23.5 Å². The second kappa shape index (κ2) is 6.56. The number of amides is 1. The minimum atomic E-state index is -0.673. The summed E-state index contributed by atoms with van der Waals surface area (Å²) in [4.78, 5) is 33.5. The van der Waals surface area contributed by atoms with Crippen molar-refractivity contribution < 1.29 is 19.4 Å². The third-order valence-corrected chi connectivity index (χ3v) is 8.87. The van der Waals surface area contributed by atoms with Crippen molar-refractivity contribution in [3.05, 3.63) is 53.3 Å². The van der Waals surface area contributed by atoms with E-state index in [1.165, 1.54) is 12.8 Å². The average Bonchev–Trinajstić information content (AvgIpc) is 3.57. The van der Waals surface area contributed by atoms with Crippen molar-refractivity contribution in [2.24, 2.45) is 5.92 Å². The Morgan fingerprint density at radius 1 is 1.27 bits per heavy atom. The van der Waals surface area contributed by atoms with Gasteiger partial charge >= 0.3 is 0 Å². The SMILES string of the molecule is O=C(N[C@@]12CCC(=O)[C@@H]3Oc4c(O)ccc5c4[C@@]31CCN(CC1CC1)[C@@H]2C5)c1cccnc1. The number of carbonyl (C=O) groups is 2. The van der Waals surface area contributed by atoms with E-state index in [1.807, 2.05) is 6.07 Å². The Hall–Kier alpha value is -2.93. The van der Waals surface area contributed by atoms with Crippen LogP contribution in [0.1, 0.15) is 53.6 Å². The fourth-order valence-electron chi connectivity index (χ4n) is 7.33. The van der Waals surface area contributed by atoms with Gasteiger partial charge in [0.1, 0.15) is 0 Å². The first kappa shape index (κ1) is 19.5. The number of benzene rings is 1. The fraction of sp³-hybridized carbons (Fsp3) is 0.500. The molecule has 1 aromatic heterocycles. The van der Waals surface area contributed by atoms with Crippen LogP contribution in [0.3, 0.4) is 0 Å². The molecule has 4 atom stereocenters. The van der Waals surface area contributed by atoms with Crippen molar-refractivity contribution in [2.45, 2.75) is 61.6 Å². The van der Waals surface area contributed by atoms with Crippen molar-refractivity contribution in [2.75, 3.05) is 13.1 Å². The number of Topliss-reactive ketones (excluding diaryl/α,β-unsaturated/α-hetero) is 1. The molecule has 2 aromatic rings. The van der Waals surface area contributed by atoms with Gasteiger partial charge in [-0.2, -0.15) is 0 Å². The Bertz CT molecular complexity index is 1180. The van der Waals surface area contributed by atoms with Gasteiger partial charge in [-0.1, -0.05) is 6.07 Å². The van der Waals surface area contributed by atoms with Crippen LogP contribution in [0.15, 0.2) is 36.7 Å². The van der Waals surface area contributed by atoms with E-state index in [4.69, 9.17) is 4.74 Å². The molecule has 1 saturated heterocycles. The molecule has 0 unspecified atom stereocenters. The van der Waals surface area contributed by atoms with Crippen molar-refractivity contribution in [1.82, 2.24) is 15.2 Å². The first-order chi connectivity index (χ1) is 16.0. The molecular weight excluding hydrogens is 418 g/mol. The summed E-state index contributed by atoms with van der Waals surface area (Å²) in [6.07, 6.45) is 7.55. The van der Waals surface area contributed by atoms with Gasteiger partial charge in [0.15, 0.2) is 23.4 Å². The standard InChI is InChI=1S/C26H27N3O4/c30-18-6-5-16-12-20-26(28-24(32)17-2-1-10-27-13-17)8-7-19(31)23-25(26,21(16)22(18)33-23)9-11-29(20)14-15-3-4-15/h1-2,5-6,10,13,15,20,23,30H,3-4,7-9,11-12,14H2,(H,28,32)/t20-,23+,25+,26-/m1/s1. The molecule has 7 nitrogen and oxygen atoms in total. The van der Waals surface area contributed by atoms with Crippen LogP contribution in [0.25, 0.3) is 0 Å². The fourth-order valence-corrected chi connectivity index (χ4v) is 7.33. The minimum Gasteiger partial charge on any atom is -0.504 e. The summed E-state index contributed by atoms with van der Waals surface area (Å²) in [7, 11) is 0. The van der Waals surface area contributed by atoms with Crippen LogP contribution in [-0.2, 0) is 16.6 Å². The maximum absolute atomic E-state index is 13.6. The molecule has 2 N–H and O–H groups in total. The van der Waals surface area contributed by atoms with Gasteiger partial charge in [0.05, 0.1) is 16.5 Å². The molecule has 7 heteroatoms. The van der Waals surface area contributed by atoms with Crippen LogP contribution in [-0.4, -0.2) is 57.5 Å². The van der Waals surface area contributed by atoms with Crippen molar-refractivity contribution >= 4 is 11.7 Å². The van der Waals surface area contributed by atoms with Crippen molar-refractivity contribution in [3.8, 4) is 11.5 Å². The minimum absolute atomic E-state index is 0.0686. The maximum atomic E-state index is 13.6. The van der Waals surface area contributed by atoms with Gasteiger partial charge in [0, 0.05) is 37.0 Å². The number of pyridine rings is 1. The molecular formula is C26H27N3O4. The summed E-state index contributed by atoms with van der Waals surface area (Å²) in [5, 5.41) is 14.2. The van der Waals surface area contributed by atoms with Crippen LogP contribution in [0.4, 0.5) is 0 Å². The predicted octanol–water partition coefficient (Wildman–Crippen LogP) is 2.36. The van der Waals surface area contributed by atoms with Gasteiger partial charge in [-0.05, 0) is 68.3 Å². The number of phenols is 1. The lowest BCUT2D eigenvalue weighted by Crippen LogP contribution is -2.81. The van der Waals surface area contributed by atoms with Crippen molar-refractivity contribution in [3.63, 3.8) is 0 Å². The number of rotatable bonds is 4.